The second-order valence-corrected chi connectivity index (χ2v) is 13.3. The van der Waals surface area contributed by atoms with Gasteiger partial charge < -0.3 is 15.1 Å². The number of hydrogen-bond acceptors (Lipinski definition) is 3. The van der Waals surface area contributed by atoms with Gasteiger partial charge in [0.15, 0.2) is 0 Å². The fraction of sp³-hybridized carbons (Fsp3) is 0.381. The fourth-order valence-electron chi connectivity index (χ4n) is 2.89. The van der Waals surface area contributed by atoms with Gasteiger partial charge in [-0.25, -0.2) is 4.39 Å². The molecule has 2 N–H and O–H groups in total. The first-order chi connectivity index (χ1) is 12.5. The number of anilines is 2. The van der Waals surface area contributed by atoms with Crippen molar-refractivity contribution in [3.63, 3.8) is 0 Å². The maximum absolute atomic E-state index is 13.4. The molecule has 1 atom stereocenters. The van der Waals surface area contributed by atoms with Crippen molar-refractivity contribution in [2.24, 2.45) is 0 Å². The van der Waals surface area contributed by atoms with Crippen molar-refractivity contribution < 1.29 is 13.6 Å². The highest BCUT2D eigenvalue weighted by Crippen LogP contribution is 2.41. The summed E-state index contributed by atoms with van der Waals surface area (Å²) in [5.74, 6) is 0.386. The first kappa shape index (κ1) is 19.4. The van der Waals surface area contributed by atoms with Crippen LogP contribution in [0.25, 0.3) is 0 Å². The van der Waals surface area contributed by atoms with E-state index in [1.807, 2.05) is 24.3 Å². The predicted octanol–water partition coefficient (Wildman–Crippen LogP) is 5.27. The highest BCUT2D eigenvalue weighted by atomic mass is 28.4. The maximum Gasteiger partial charge on any atom is 0.250 e. The van der Waals surface area contributed by atoms with Crippen LogP contribution < -0.4 is 15.1 Å². The van der Waals surface area contributed by atoms with E-state index < -0.39 is 14.1 Å². The maximum atomic E-state index is 13.4. The standard InChI is InChI=1S/C21H27FN2O2Si/c1-21(2,3)27(4,5)26-16-9-6-14(7-10-16)19-13-20(25)24(19)15-8-11-17(22)18(23)12-15/h6-12,19H,13,23H2,1-5H3. The second-order valence-electron chi connectivity index (χ2n) is 8.62. The van der Waals surface area contributed by atoms with E-state index in [-0.39, 0.29) is 22.7 Å². The molecule has 1 aliphatic heterocycles. The molecule has 6 heteroatoms. The van der Waals surface area contributed by atoms with Gasteiger partial charge in [-0.2, -0.15) is 0 Å². The summed E-state index contributed by atoms with van der Waals surface area (Å²) in [6.45, 7) is 11.1. The van der Waals surface area contributed by atoms with E-state index in [9.17, 15) is 9.18 Å². The fourth-order valence-corrected chi connectivity index (χ4v) is 3.93. The SMILES string of the molecule is CC(C)(C)[Si](C)(C)Oc1ccc(C2CC(=O)N2c2ccc(F)c(N)c2)cc1. The largest absolute Gasteiger partial charge is 0.544 e. The minimum absolute atomic E-state index is 0.00704. The Labute approximate surface area is 161 Å². The van der Waals surface area contributed by atoms with Crippen molar-refractivity contribution >= 4 is 25.6 Å². The molecule has 2 aromatic carbocycles. The van der Waals surface area contributed by atoms with Gasteiger partial charge in [0, 0.05) is 5.69 Å². The highest BCUT2D eigenvalue weighted by molar-refractivity contribution is 6.74. The molecule has 1 amide bonds. The third-order valence-corrected chi connectivity index (χ3v) is 10.0. The zero-order chi connectivity index (χ0) is 20.0. The molecule has 27 heavy (non-hydrogen) atoms. The molecule has 1 heterocycles. The summed E-state index contributed by atoms with van der Waals surface area (Å²) < 4.78 is 19.7. The van der Waals surface area contributed by atoms with Gasteiger partial charge in [-0.1, -0.05) is 32.9 Å². The molecule has 1 unspecified atom stereocenters. The smallest absolute Gasteiger partial charge is 0.250 e. The third-order valence-electron chi connectivity index (χ3n) is 5.65. The Morgan fingerprint density at radius 1 is 1.15 bits per heavy atom. The molecule has 3 rings (SSSR count). The van der Waals surface area contributed by atoms with E-state index in [0.717, 1.165) is 11.3 Å². The molecule has 1 aliphatic rings. The van der Waals surface area contributed by atoms with Crippen molar-refractivity contribution in [2.45, 2.75) is 51.4 Å². The Morgan fingerprint density at radius 2 is 1.78 bits per heavy atom. The van der Waals surface area contributed by atoms with E-state index in [0.29, 0.717) is 12.1 Å². The summed E-state index contributed by atoms with van der Waals surface area (Å²) in [5, 5.41) is 0.130. The van der Waals surface area contributed by atoms with E-state index >= 15 is 0 Å². The van der Waals surface area contributed by atoms with Crippen molar-refractivity contribution in [3.8, 4) is 5.75 Å². The number of amides is 1. The van der Waals surface area contributed by atoms with Gasteiger partial charge in [0.2, 0.25) is 14.2 Å². The molecule has 0 radical (unpaired) electrons. The number of nitrogens with two attached hydrogens (primary N) is 1. The quantitative estimate of drug-likeness (QED) is 0.442. The van der Waals surface area contributed by atoms with E-state index in [1.54, 1.807) is 11.0 Å². The van der Waals surface area contributed by atoms with Crippen LogP contribution in [0.4, 0.5) is 15.8 Å². The van der Waals surface area contributed by atoms with Crippen LogP contribution in [0.5, 0.6) is 5.75 Å². The van der Waals surface area contributed by atoms with Crippen LogP contribution in [-0.4, -0.2) is 14.2 Å². The predicted molar refractivity (Wildman–Crippen MR) is 110 cm³/mol. The molecular formula is C21H27FN2O2Si. The Kier molecular flexibility index (Phi) is 4.80. The van der Waals surface area contributed by atoms with Crippen LogP contribution in [0.15, 0.2) is 42.5 Å². The molecule has 0 saturated carbocycles. The Hall–Kier alpha value is -2.34. The first-order valence-corrected chi connectivity index (χ1v) is 12.1. The second kappa shape index (κ2) is 6.67. The molecule has 0 aromatic heterocycles. The van der Waals surface area contributed by atoms with Gasteiger partial charge in [-0.05, 0) is 54.0 Å². The minimum Gasteiger partial charge on any atom is -0.544 e. The van der Waals surface area contributed by atoms with Crippen molar-refractivity contribution in [3.05, 3.63) is 53.8 Å². The molecule has 1 fully saturated rings. The third kappa shape index (κ3) is 3.71. The van der Waals surface area contributed by atoms with Crippen LogP contribution in [0.3, 0.4) is 0 Å². The zero-order valence-electron chi connectivity index (χ0n) is 16.5. The lowest BCUT2D eigenvalue weighted by molar-refractivity contribution is -0.124. The number of rotatable bonds is 4. The van der Waals surface area contributed by atoms with Gasteiger partial charge in [-0.15, -0.1) is 0 Å². The van der Waals surface area contributed by atoms with Crippen LogP contribution in [0.1, 0.15) is 38.8 Å². The number of halogens is 1. The van der Waals surface area contributed by atoms with Crippen molar-refractivity contribution in [2.75, 3.05) is 10.6 Å². The number of carbonyl (C=O) groups is 1. The summed E-state index contributed by atoms with van der Waals surface area (Å²) in [5.41, 5.74) is 7.35. The molecule has 0 aliphatic carbocycles. The van der Waals surface area contributed by atoms with Gasteiger partial charge >= 0.3 is 0 Å². The molecular weight excluding hydrogens is 359 g/mol. The number of nitrogen functional groups attached to an aromatic ring is 1. The van der Waals surface area contributed by atoms with E-state index in [2.05, 4.69) is 33.9 Å². The average Bonchev–Trinajstić information content (AvgIpc) is 2.55. The molecule has 4 nitrogen and oxygen atoms in total. The normalized spacial score (nSPS) is 17.6. The first-order valence-electron chi connectivity index (χ1n) is 9.16. The number of β-lactam (4-membered cyclic amide) rings is 1. The Balaban J connectivity index is 1.79. The van der Waals surface area contributed by atoms with Gasteiger partial charge in [0.1, 0.15) is 11.6 Å². The van der Waals surface area contributed by atoms with Crippen molar-refractivity contribution in [1.82, 2.24) is 0 Å². The number of carbonyl (C=O) groups excluding carboxylic acids is 1. The minimum atomic E-state index is -1.89. The van der Waals surface area contributed by atoms with Crippen LogP contribution in [0, 0.1) is 5.82 Å². The Morgan fingerprint density at radius 3 is 2.30 bits per heavy atom. The summed E-state index contributed by atoms with van der Waals surface area (Å²) >= 11 is 0. The van der Waals surface area contributed by atoms with Crippen LogP contribution in [-0.2, 0) is 4.79 Å². The number of nitrogens with zero attached hydrogens (tertiary/aromatic N) is 1. The number of hydrogen-bond donors (Lipinski definition) is 1. The topological polar surface area (TPSA) is 55.6 Å². The lowest BCUT2D eigenvalue weighted by Gasteiger charge is -2.41. The molecule has 1 saturated heterocycles. The molecule has 0 bridgehead atoms. The van der Waals surface area contributed by atoms with Crippen molar-refractivity contribution in [1.29, 1.82) is 0 Å². The summed E-state index contributed by atoms with van der Waals surface area (Å²) in [4.78, 5) is 13.8. The summed E-state index contributed by atoms with van der Waals surface area (Å²) in [7, 11) is -1.89. The lowest BCUT2D eigenvalue weighted by Crippen LogP contribution is -2.46. The van der Waals surface area contributed by atoms with E-state index in [4.69, 9.17) is 10.2 Å². The van der Waals surface area contributed by atoms with Gasteiger partial charge in [-0.3, -0.25) is 4.79 Å². The molecule has 0 spiro atoms. The zero-order valence-corrected chi connectivity index (χ0v) is 17.5. The summed E-state index contributed by atoms with van der Waals surface area (Å²) in [6.07, 6.45) is 0.430. The van der Waals surface area contributed by atoms with E-state index in [1.165, 1.54) is 12.1 Å². The average molecular weight is 387 g/mol. The lowest BCUT2D eigenvalue weighted by atomic mass is 9.93. The summed E-state index contributed by atoms with van der Waals surface area (Å²) in [6, 6.07) is 12.3. The van der Waals surface area contributed by atoms with Gasteiger partial charge in [0.25, 0.3) is 0 Å². The van der Waals surface area contributed by atoms with Crippen LogP contribution in [0.2, 0.25) is 18.1 Å². The molecule has 144 valence electrons. The monoisotopic (exact) mass is 386 g/mol. The molecule has 2 aromatic rings. The highest BCUT2D eigenvalue weighted by Gasteiger charge is 2.40. The Bertz CT molecular complexity index is 859. The number of benzene rings is 2. The van der Waals surface area contributed by atoms with Gasteiger partial charge in [0.05, 0.1) is 18.2 Å². The van der Waals surface area contributed by atoms with Crippen LogP contribution >= 0.6 is 0 Å².